The van der Waals surface area contributed by atoms with Gasteiger partial charge in [0.25, 0.3) is 0 Å². The molecule has 0 spiro atoms. The van der Waals surface area contributed by atoms with Gasteiger partial charge in [0.15, 0.2) is 17.5 Å². The second kappa shape index (κ2) is 4.20. The summed E-state index contributed by atoms with van der Waals surface area (Å²) in [6, 6.07) is 0.881. The van der Waals surface area contributed by atoms with E-state index in [0.717, 1.165) is 12.1 Å². The van der Waals surface area contributed by atoms with Gasteiger partial charge in [-0.2, -0.15) is 0 Å². The molecule has 0 bridgehead atoms. The molecule has 0 aliphatic heterocycles. The Morgan fingerprint density at radius 2 is 1.93 bits per heavy atom. The highest BCUT2D eigenvalue weighted by atomic mass is 19.2. The van der Waals surface area contributed by atoms with Gasteiger partial charge in [0.1, 0.15) is 6.04 Å². The Kier molecular flexibility index (Phi) is 3.18. The number of halogens is 3. The number of primary amides is 1. The number of carbonyl (C=O) groups excluding carboxylic acids is 1. The number of rotatable bonds is 3. The average Bonchev–Trinajstić information content (AvgIpc) is 2.18. The predicted octanol–water partition coefficient (Wildman–Crippen LogP) is 1.39. The van der Waals surface area contributed by atoms with Crippen LogP contribution in [0, 0.1) is 17.5 Å². The van der Waals surface area contributed by atoms with Crippen molar-refractivity contribution in [3.63, 3.8) is 0 Å². The topological polar surface area (TPSA) is 55.1 Å². The first kappa shape index (κ1) is 11.4. The van der Waals surface area contributed by atoms with E-state index in [1.165, 1.54) is 6.92 Å². The Morgan fingerprint density at radius 3 is 2.47 bits per heavy atom. The van der Waals surface area contributed by atoms with Crippen molar-refractivity contribution in [2.75, 3.05) is 5.32 Å². The minimum atomic E-state index is -1.59. The maximum absolute atomic E-state index is 13.1. The van der Waals surface area contributed by atoms with Crippen molar-refractivity contribution >= 4 is 11.6 Å². The number of carbonyl (C=O) groups is 1. The fourth-order valence-electron chi connectivity index (χ4n) is 0.942. The zero-order valence-corrected chi connectivity index (χ0v) is 7.85. The summed E-state index contributed by atoms with van der Waals surface area (Å²) in [4.78, 5) is 10.6. The quantitative estimate of drug-likeness (QED) is 0.753. The van der Waals surface area contributed by atoms with Gasteiger partial charge >= 0.3 is 0 Å². The third kappa shape index (κ3) is 2.39. The summed E-state index contributed by atoms with van der Waals surface area (Å²) in [5.41, 5.74) is 4.60. The Balaban J connectivity index is 2.97. The summed E-state index contributed by atoms with van der Waals surface area (Å²) in [6.07, 6.45) is 0. The largest absolute Gasteiger partial charge is 0.371 e. The van der Waals surface area contributed by atoms with E-state index < -0.39 is 29.4 Å². The van der Waals surface area contributed by atoms with Crippen molar-refractivity contribution in [3.05, 3.63) is 29.6 Å². The highest BCUT2D eigenvalue weighted by Crippen LogP contribution is 2.20. The van der Waals surface area contributed by atoms with E-state index in [4.69, 9.17) is 5.73 Å². The standard InChI is InChI=1S/C9H9F3N2O/c1-4(9(13)15)14-6-3-2-5(10)7(11)8(6)12/h2-4,14H,1H3,(H2,13,15). The average molecular weight is 218 g/mol. The van der Waals surface area contributed by atoms with Crippen LogP contribution >= 0.6 is 0 Å². The molecular formula is C9H9F3N2O. The molecule has 0 aliphatic carbocycles. The van der Waals surface area contributed by atoms with E-state index in [1.807, 2.05) is 0 Å². The van der Waals surface area contributed by atoms with E-state index in [-0.39, 0.29) is 5.69 Å². The Morgan fingerprint density at radius 1 is 1.33 bits per heavy atom. The van der Waals surface area contributed by atoms with Crippen LogP contribution < -0.4 is 11.1 Å². The lowest BCUT2D eigenvalue weighted by Gasteiger charge is -2.12. The summed E-state index contributed by atoms with van der Waals surface area (Å²) in [6.45, 7) is 1.38. The molecule has 6 heteroatoms. The molecule has 0 fully saturated rings. The minimum absolute atomic E-state index is 0.305. The van der Waals surface area contributed by atoms with E-state index in [2.05, 4.69) is 5.32 Å². The van der Waals surface area contributed by atoms with Gasteiger partial charge in [0, 0.05) is 0 Å². The van der Waals surface area contributed by atoms with Crippen molar-refractivity contribution in [1.82, 2.24) is 0 Å². The monoisotopic (exact) mass is 218 g/mol. The van der Waals surface area contributed by atoms with Gasteiger partial charge < -0.3 is 11.1 Å². The van der Waals surface area contributed by atoms with Crippen molar-refractivity contribution in [2.24, 2.45) is 5.73 Å². The lowest BCUT2D eigenvalue weighted by molar-refractivity contribution is -0.118. The van der Waals surface area contributed by atoms with Crippen LogP contribution in [0.2, 0.25) is 0 Å². The first-order valence-corrected chi connectivity index (χ1v) is 4.13. The van der Waals surface area contributed by atoms with Crippen LogP contribution in [0.3, 0.4) is 0 Å². The van der Waals surface area contributed by atoms with Crippen LogP contribution in [0.4, 0.5) is 18.9 Å². The van der Waals surface area contributed by atoms with E-state index in [9.17, 15) is 18.0 Å². The molecule has 1 aromatic rings. The van der Waals surface area contributed by atoms with Crippen LogP contribution in [0.1, 0.15) is 6.92 Å². The van der Waals surface area contributed by atoms with E-state index in [0.29, 0.717) is 0 Å². The summed E-state index contributed by atoms with van der Waals surface area (Å²) >= 11 is 0. The smallest absolute Gasteiger partial charge is 0.239 e. The molecule has 1 unspecified atom stereocenters. The van der Waals surface area contributed by atoms with Crippen molar-refractivity contribution in [2.45, 2.75) is 13.0 Å². The van der Waals surface area contributed by atoms with Gasteiger partial charge in [-0.3, -0.25) is 4.79 Å². The summed E-state index contributed by atoms with van der Waals surface area (Å²) < 4.78 is 38.3. The molecule has 0 saturated carbocycles. The van der Waals surface area contributed by atoms with E-state index >= 15 is 0 Å². The van der Waals surface area contributed by atoms with Crippen LogP contribution in [-0.2, 0) is 4.79 Å². The molecule has 1 rings (SSSR count). The zero-order valence-electron chi connectivity index (χ0n) is 7.85. The molecule has 82 valence electrons. The number of amides is 1. The number of benzene rings is 1. The van der Waals surface area contributed by atoms with Crippen LogP contribution in [0.5, 0.6) is 0 Å². The van der Waals surface area contributed by atoms with Gasteiger partial charge in [-0.05, 0) is 19.1 Å². The Labute approximate surface area is 84.1 Å². The molecule has 1 atom stereocenters. The summed E-state index contributed by atoms with van der Waals surface area (Å²) in [5.74, 6) is -4.97. The van der Waals surface area contributed by atoms with Crippen molar-refractivity contribution < 1.29 is 18.0 Å². The molecule has 0 heterocycles. The van der Waals surface area contributed by atoms with Gasteiger partial charge in [0.05, 0.1) is 5.69 Å². The lowest BCUT2D eigenvalue weighted by atomic mass is 10.2. The molecule has 1 aromatic carbocycles. The molecule has 3 nitrogen and oxygen atoms in total. The molecule has 1 amide bonds. The predicted molar refractivity (Wildman–Crippen MR) is 48.6 cm³/mol. The number of nitrogens with one attached hydrogen (secondary N) is 1. The highest BCUT2D eigenvalue weighted by Gasteiger charge is 2.16. The maximum Gasteiger partial charge on any atom is 0.239 e. The van der Waals surface area contributed by atoms with Gasteiger partial charge in [-0.15, -0.1) is 0 Å². The zero-order chi connectivity index (χ0) is 11.6. The molecule has 0 aliphatic rings. The molecule has 15 heavy (non-hydrogen) atoms. The number of nitrogens with two attached hydrogens (primary N) is 1. The van der Waals surface area contributed by atoms with E-state index in [1.54, 1.807) is 0 Å². The third-order valence-corrected chi connectivity index (χ3v) is 1.83. The van der Waals surface area contributed by atoms with Crippen molar-refractivity contribution in [3.8, 4) is 0 Å². The van der Waals surface area contributed by atoms with Gasteiger partial charge in [0.2, 0.25) is 5.91 Å². The summed E-state index contributed by atoms with van der Waals surface area (Å²) in [5, 5.41) is 2.32. The van der Waals surface area contributed by atoms with Gasteiger partial charge in [-0.25, -0.2) is 13.2 Å². The minimum Gasteiger partial charge on any atom is -0.371 e. The van der Waals surface area contributed by atoms with Crippen LogP contribution in [0.25, 0.3) is 0 Å². The van der Waals surface area contributed by atoms with Crippen LogP contribution in [-0.4, -0.2) is 11.9 Å². The fourth-order valence-corrected chi connectivity index (χ4v) is 0.942. The molecule has 0 aromatic heterocycles. The fraction of sp³-hybridized carbons (Fsp3) is 0.222. The first-order chi connectivity index (χ1) is 6.93. The Hall–Kier alpha value is -1.72. The second-order valence-electron chi connectivity index (χ2n) is 2.99. The normalized spacial score (nSPS) is 12.3. The summed E-state index contributed by atoms with van der Waals surface area (Å²) in [7, 11) is 0. The molecule has 3 N–H and O–H groups in total. The molecule has 0 radical (unpaired) electrons. The maximum atomic E-state index is 13.1. The molecular weight excluding hydrogens is 209 g/mol. The highest BCUT2D eigenvalue weighted by molar-refractivity contribution is 5.82. The Bertz CT molecular complexity index is 395. The first-order valence-electron chi connectivity index (χ1n) is 4.13. The van der Waals surface area contributed by atoms with Crippen molar-refractivity contribution in [1.29, 1.82) is 0 Å². The number of hydrogen-bond donors (Lipinski definition) is 2. The lowest BCUT2D eigenvalue weighted by Crippen LogP contribution is -2.32. The number of anilines is 1. The molecule has 0 saturated heterocycles. The van der Waals surface area contributed by atoms with Gasteiger partial charge in [-0.1, -0.05) is 0 Å². The SMILES string of the molecule is CC(Nc1ccc(F)c(F)c1F)C(N)=O. The third-order valence-electron chi connectivity index (χ3n) is 1.83. The van der Waals surface area contributed by atoms with Crippen LogP contribution in [0.15, 0.2) is 12.1 Å². The second-order valence-corrected chi connectivity index (χ2v) is 2.99. The number of hydrogen-bond acceptors (Lipinski definition) is 2.